The molecule has 0 saturated heterocycles. The summed E-state index contributed by atoms with van der Waals surface area (Å²) in [6.45, 7) is 0.0225. The van der Waals surface area contributed by atoms with Gasteiger partial charge in [-0.2, -0.15) is 13.2 Å². The molecular formula is C14H10ClF4NO. The predicted octanol–water partition coefficient (Wildman–Crippen LogP) is 4.82. The molecule has 0 fully saturated rings. The van der Waals surface area contributed by atoms with E-state index in [1.165, 1.54) is 12.1 Å². The van der Waals surface area contributed by atoms with E-state index in [1.54, 1.807) is 0 Å². The minimum absolute atomic E-state index is 0.0225. The number of nitrogens with one attached hydrogen (secondary N) is 1. The fourth-order valence-corrected chi connectivity index (χ4v) is 1.97. The van der Waals surface area contributed by atoms with E-state index in [0.29, 0.717) is 0 Å². The van der Waals surface area contributed by atoms with Gasteiger partial charge in [0.15, 0.2) is 0 Å². The molecule has 0 heterocycles. The fourth-order valence-electron chi connectivity index (χ4n) is 1.72. The third-order valence-corrected chi connectivity index (χ3v) is 3.12. The van der Waals surface area contributed by atoms with Crippen LogP contribution in [0.3, 0.4) is 0 Å². The maximum absolute atomic E-state index is 13.0. The van der Waals surface area contributed by atoms with E-state index in [1.807, 2.05) is 0 Å². The van der Waals surface area contributed by atoms with E-state index < -0.39 is 17.6 Å². The quantitative estimate of drug-likeness (QED) is 0.795. The molecule has 2 N–H and O–H groups in total. The first-order valence-electron chi connectivity index (χ1n) is 5.85. The Hall–Kier alpha value is -1.95. The van der Waals surface area contributed by atoms with Crippen LogP contribution >= 0.6 is 11.6 Å². The predicted molar refractivity (Wildman–Crippen MR) is 71.8 cm³/mol. The molecule has 2 aromatic rings. The second-order valence-electron chi connectivity index (χ2n) is 4.32. The highest BCUT2D eigenvalue weighted by Gasteiger charge is 2.30. The third kappa shape index (κ3) is 3.78. The van der Waals surface area contributed by atoms with Crippen molar-refractivity contribution in [3.05, 3.63) is 58.4 Å². The summed E-state index contributed by atoms with van der Waals surface area (Å²) < 4.78 is 50.5. The Bertz CT molecular complexity index is 658. The van der Waals surface area contributed by atoms with Gasteiger partial charge in [0.25, 0.3) is 0 Å². The zero-order valence-corrected chi connectivity index (χ0v) is 11.3. The van der Waals surface area contributed by atoms with Crippen molar-refractivity contribution < 1.29 is 22.7 Å². The first kappa shape index (κ1) is 15.4. The summed E-state index contributed by atoms with van der Waals surface area (Å²) in [6.07, 6.45) is -4.47. The molecule has 2 nitrogen and oxygen atoms in total. The van der Waals surface area contributed by atoms with Gasteiger partial charge in [-0.3, -0.25) is 0 Å². The van der Waals surface area contributed by atoms with Crippen molar-refractivity contribution in [3.63, 3.8) is 0 Å². The number of anilines is 1. The molecule has 0 atom stereocenters. The van der Waals surface area contributed by atoms with Gasteiger partial charge in [0.05, 0.1) is 16.3 Å². The van der Waals surface area contributed by atoms with Gasteiger partial charge in [0.1, 0.15) is 11.6 Å². The van der Waals surface area contributed by atoms with E-state index >= 15 is 0 Å². The molecule has 0 spiro atoms. The van der Waals surface area contributed by atoms with Crippen molar-refractivity contribution in [2.45, 2.75) is 12.7 Å². The van der Waals surface area contributed by atoms with Crippen LogP contribution in [0, 0.1) is 5.82 Å². The van der Waals surface area contributed by atoms with Gasteiger partial charge >= 0.3 is 6.18 Å². The van der Waals surface area contributed by atoms with Crippen LogP contribution in [0.5, 0.6) is 5.75 Å². The molecule has 0 amide bonds. The second-order valence-corrected chi connectivity index (χ2v) is 4.73. The van der Waals surface area contributed by atoms with Crippen LogP contribution in [0.25, 0.3) is 0 Å². The Morgan fingerprint density at radius 1 is 1.10 bits per heavy atom. The molecule has 2 aromatic carbocycles. The smallest absolute Gasteiger partial charge is 0.416 e. The molecular weight excluding hydrogens is 310 g/mol. The number of hydrogen-bond acceptors (Lipinski definition) is 2. The van der Waals surface area contributed by atoms with Gasteiger partial charge in [0.2, 0.25) is 0 Å². The average Bonchev–Trinajstić information content (AvgIpc) is 2.40. The van der Waals surface area contributed by atoms with Crippen molar-refractivity contribution in [2.75, 3.05) is 5.32 Å². The number of benzene rings is 2. The molecule has 112 valence electrons. The number of aromatic hydroxyl groups is 1. The highest BCUT2D eigenvalue weighted by Crippen LogP contribution is 2.34. The summed E-state index contributed by atoms with van der Waals surface area (Å²) >= 11 is 5.77. The Morgan fingerprint density at radius 3 is 2.43 bits per heavy atom. The van der Waals surface area contributed by atoms with Crippen molar-refractivity contribution >= 4 is 17.3 Å². The minimum Gasteiger partial charge on any atom is -0.508 e. The molecule has 0 unspecified atom stereocenters. The van der Waals surface area contributed by atoms with Crippen molar-refractivity contribution in [1.29, 1.82) is 0 Å². The van der Waals surface area contributed by atoms with Gasteiger partial charge in [0, 0.05) is 12.1 Å². The third-order valence-electron chi connectivity index (χ3n) is 2.81. The fraction of sp³-hybridized carbons (Fsp3) is 0.143. The maximum Gasteiger partial charge on any atom is 0.416 e. The number of phenols is 1. The van der Waals surface area contributed by atoms with Gasteiger partial charge < -0.3 is 10.4 Å². The molecule has 0 bridgehead atoms. The zero-order valence-electron chi connectivity index (χ0n) is 10.5. The highest BCUT2D eigenvalue weighted by molar-refractivity contribution is 6.33. The lowest BCUT2D eigenvalue weighted by molar-refractivity contribution is -0.137. The normalized spacial score (nSPS) is 11.5. The van der Waals surface area contributed by atoms with Gasteiger partial charge in [-0.25, -0.2) is 4.39 Å². The van der Waals surface area contributed by atoms with Crippen molar-refractivity contribution in [3.8, 4) is 5.75 Å². The Labute approximate surface area is 123 Å². The summed E-state index contributed by atoms with van der Waals surface area (Å²) in [5.74, 6) is -0.643. The topological polar surface area (TPSA) is 32.3 Å². The molecule has 0 aliphatic carbocycles. The van der Waals surface area contributed by atoms with E-state index in [9.17, 15) is 22.7 Å². The van der Waals surface area contributed by atoms with E-state index in [4.69, 9.17) is 11.6 Å². The summed E-state index contributed by atoms with van der Waals surface area (Å²) in [4.78, 5) is 0. The summed E-state index contributed by atoms with van der Waals surface area (Å²) in [5, 5.41) is 12.2. The Balaban J connectivity index is 2.15. The molecule has 7 heteroatoms. The van der Waals surface area contributed by atoms with Crippen LogP contribution < -0.4 is 5.32 Å². The molecule has 21 heavy (non-hydrogen) atoms. The van der Waals surface area contributed by atoms with Gasteiger partial charge in [-0.1, -0.05) is 11.6 Å². The number of rotatable bonds is 3. The largest absolute Gasteiger partial charge is 0.508 e. The van der Waals surface area contributed by atoms with E-state index in [2.05, 4.69) is 5.32 Å². The standard InChI is InChI=1S/C14H10ClF4NO/c15-11-6-9(14(17,18)19)1-3-12(11)20-7-8-5-10(16)2-4-13(8)21/h1-6,20-21H,7H2. The minimum atomic E-state index is -4.47. The number of hydrogen-bond donors (Lipinski definition) is 2. The number of alkyl halides is 3. The summed E-state index contributed by atoms with van der Waals surface area (Å²) in [5.41, 5.74) is -0.328. The molecule has 0 radical (unpaired) electrons. The second kappa shape index (κ2) is 5.81. The lowest BCUT2D eigenvalue weighted by atomic mass is 10.1. The Morgan fingerprint density at radius 2 is 1.81 bits per heavy atom. The first-order valence-corrected chi connectivity index (χ1v) is 6.23. The molecule has 0 saturated carbocycles. The summed E-state index contributed by atoms with van der Waals surface area (Å²) in [7, 11) is 0. The number of halogens is 5. The molecule has 0 aliphatic rings. The number of phenolic OH excluding ortho intramolecular Hbond substituents is 1. The molecule has 2 rings (SSSR count). The average molecular weight is 320 g/mol. The SMILES string of the molecule is Oc1ccc(F)cc1CNc1ccc(C(F)(F)F)cc1Cl. The summed E-state index contributed by atoms with van der Waals surface area (Å²) in [6, 6.07) is 6.29. The Kier molecular flexibility index (Phi) is 4.27. The van der Waals surface area contributed by atoms with Crippen LogP contribution in [-0.4, -0.2) is 5.11 Å². The van der Waals surface area contributed by atoms with Crippen LogP contribution in [0.15, 0.2) is 36.4 Å². The molecule has 0 aromatic heterocycles. The van der Waals surface area contributed by atoms with Gasteiger partial charge in [-0.05, 0) is 36.4 Å². The monoisotopic (exact) mass is 319 g/mol. The van der Waals surface area contributed by atoms with E-state index in [-0.39, 0.29) is 28.6 Å². The molecule has 0 aliphatic heterocycles. The van der Waals surface area contributed by atoms with E-state index in [0.717, 1.165) is 24.3 Å². The van der Waals surface area contributed by atoms with Crippen molar-refractivity contribution in [2.24, 2.45) is 0 Å². The lowest BCUT2D eigenvalue weighted by Crippen LogP contribution is -2.06. The van der Waals surface area contributed by atoms with Crippen LogP contribution in [0.2, 0.25) is 5.02 Å². The van der Waals surface area contributed by atoms with Gasteiger partial charge in [-0.15, -0.1) is 0 Å². The van der Waals surface area contributed by atoms with Crippen LogP contribution in [0.1, 0.15) is 11.1 Å². The van der Waals surface area contributed by atoms with Crippen molar-refractivity contribution in [1.82, 2.24) is 0 Å². The first-order chi connectivity index (χ1) is 9.77. The lowest BCUT2D eigenvalue weighted by Gasteiger charge is -2.12. The highest BCUT2D eigenvalue weighted by atomic mass is 35.5. The van der Waals surface area contributed by atoms with Crippen LogP contribution in [0.4, 0.5) is 23.2 Å². The van der Waals surface area contributed by atoms with Crippen LogP contribution in [-0.2, 0) is 12.7 Å². The zero-order chi connectivity index (χ0) is 15.6. The maximum atomic E-state index is 13.0.